The largest absolute Gasteiger partial charge is 0.395 e. The third-order valence-corrected chi connectivity index (χ3v) is 2.10. The van der Waals surface area contributed by atoms with Gasteiger partial charge in [-0.05, 0) is 24.6 Å². The van der Waals surface area contributed by atoms with E-state index in [9.17, 15) is 0 Å². The van der Waals surface area contributed by atoms with Gasteiger partial charge < -0.3 is 10.4 Å². The molecule has 0 radical (unpaired) electrons. The Bertz CT molecular complexity index is 313. The lowest BCUT2D eigenvalue weighted by Gasteiger charge is -2.12. The first-order valence-corrected chi connectivity index (χ1v) is 4.62. The van der Waals surface area contributed by atoms with Gasteiger partial charge in [0, 0.05) is 12.6 Å². The van der Waals surface area contributed by atoms with Gasteiger partial charge in [0.25, 0.3) is 0 Å². The summed E-state index contributed by atoms with van der Waals surface area (Å²) in [5.41, 5.74) is 1.79. The molecular formula is C11H14N2O. The molecule has 0 spiro atoms. The number of nitrogens with zero attached hydrogens (tertiary/aromatic N) is 1. The Labute approximate surface area is 84.0 Å². The van der Waals surface area contributed by atoms with Gasteiger partial charge in [-0.3, -0.25) is 0 Å². The van der Waals surface area contributed by atoms with E-state index in [2.05, 4.69) is 11.4 Å². The van der Waals surface area contributed by atoms with E-state index < -0.39 is 0 Å². The molecule has 3 nitrogen and oxygen atoms in total. The second kappa shape index (κ2) is 5.38. The molecule has 0 aliphatic rings. The third kappa shape index (κ3) is 2.84. The molecule has 1 aromatic rings. The van der Waals surface area contributed by atoms with E-state index in [0.717, 1.165) is 5.56 Å². The molecule has 0 heterocycles. The lowest BCUT2D eigenvalue weighted by Crippen LogP contribution is -2.21. The first-order valence-electron chi connectivity index (χ1n) is 4.62. The first kappa shape index (κ1) is 10.7. The Kier molecular flexibility index (Phi) is 4.11. The summed E-state index contributed by atoms with van der Waals surface area (Å²) in [6.45, 7) is 2.75. The Balaban J connectivity index is 2.63. The van der Waals surface area contributed by atoms with Gasteiger partial charge in [-0.2, -0.15) is 5.26 Å². The van der Waals surface area contributed by atoms with Crippen LogP contribution in [0.2, 0.25) is 0 Å². The van der Waals surface area contributed by atoms with Crippen LogP contribution in [0.3, 0.4) is 0 Å². The Morgan fingerprint density at radius 1 is 1.43 bits per heavy atom. The highest BCUT2D eigenvalue weighted by Crippen LogP contribution is 2.12. The molecule has 0 aromatic heterocycles. The summed E-state index contributed by atoms with van der Waals surface area (Å²) in [5.74, 6) is 0. The number of aliphatic hydroxyl groups excluding tert-OH is 1. The maximum atomic E-state index is 8.64. The molecule has 1 aromatic carbocycles. The van der Waals surface area contributed by atoms with Gasteiger partial charge in [-0.15, -0.1) is 0 Å². The zero-order valence-corrected chi connectivity index (χ0v) is 8.20. The lowest BCUT2D eigenvalue weighted by atomic mass is 10.1. The number of nitriles is 1. The summed E-state index contributed by atoms with van der Waals surface area (Å²) < 4.78 is 0. The summed E-state index contributed by atoms with van der Waals surface area (Å²) in [7, 11) is 0. The zero-order chi connectivity index (χ0) is 10.4. The second-order valence-corrected chi connectivity index (χ2v) is 3.13. The van der Waals surface area contributed by atoms with E-state index in [0.29, 0.717) is 12.1 Å². The van der Waals surface area contributed by atoms with Crippen LogP contribution in [-0.4, -0.2) is 18.3 Å². The molecule has 1 atom stereocenters. The van der Waals surface area contributed by atoms with Crippen molar-refractivity contribution in [3.8, 4) is 6.07 Å². The molecule has 74 valence electrons. The molecule has 0 saturated carbocycles. The van der Waals surface area contributed by atoms with Crippen LogP contribution in [0.1, 0.15) is 24.1 Å². The predicted octanol–water partition coefficient (Wildman–Crippen LogP) is 1.20. The monoisotopic (exact) mass is 190 g/mol. The van der Waals surface area contributed by atoms with Crippen molar-refractivity contribution in [2.45, 2.75) is 13.0 Å². The minimum atomic E-state index is 0.140. The molecule has 3 heteroatoms. The third-order valence-electron chi connectivity index (χ3n) is 2.10. The molecule has 0 aliphatic heterocycles. The van der Waals surface area contributed by atoms with Crippen molar-refractivity contribution in [3.63, 3.8) is 0 Å². The Morgan fingerprint density at radius 3 is 2.57 bits per heavy atom. The molecule has 0 amide bonds. The summed E-state index contributed by atoms with van der Waals surface area (Å²) in [6, 6.07) is 9.72. The van der Waals surface area contributed by atoms with Gasteiger partial charge in [0.2, 0.25) is 0 Å². The number of hydrogen-bond donors (Lipinski definition) is 2. The molecule has 0 fully saturated rings. The number of benzene rings is 1. The highest BCUT2D eigenvalue weighted by Gasteiger charge is 2.03. The van der Waals surface area contributed by atoms with Crippen molar-refractivity contribution in [1.29, 1.82) is 5.26 Å². The van der Waals surface area contributed by atoms with E-state index in [4.69, 9.17) is 10.4 Å². The maximum Gasteiger partial charge on any atom is 0.0991 e. The van der Waals surface area contributed by atoms with E-state index in [1.165, 1.54) is 0 Å². The highest BCUT2D eigenvalue weighted by molar-refractivity contribution is 5.32. The first-order chi connectivity index (χ1) is 6.77. The van der Waals surface area contributed by atoms with Crippen molar-refractivity contribution in [3.05, 3.63) is 35.4 Å². The van der Waals surface area contributed by atoms with Crippen LogP contribution in [0.15, 0.2) is 24.3 Å². The van der Waals surface area contributed by atoms with Crippen molar-refractivity contribution >= 4 is 0 Å². The van der Waals surface area contributed by atoms with E-state index in [1.807, 2.05) is 19.1 Å². The number of nitrogens with one attached hydrogen (secondary N) is 1. The molecule has 1 rings (SSSR count). The fourth-order valence-corrected chi connectivity index (χ4v) is 1.25. The Hall–Kier alpha value is -1.37. The van der Waals surface area contributed by atoms with Crippen LogP contribution < -0.4 is 5.32 Å². The summed E-state index contributed by atoms with van der Waals surface area (Å²) in [5, 5.41) is 20.4. The topological polar surface area (TPSA) is 56.0 Å². The summed E-state index contributed by atoms with van der Waals surface area (Å²) >= 11 is 0. The van der Waals surface area contributed by atoms with Crippen molar-refractivity contribution in [2.75, 3.05) is 13.2 Å². The molecule has 0 aliphatic carbocycles. The van der Waals surface area contributed by atoms with Crippen molar-refractivity contribution < 1.29 is 5.11 Å². The SMILES string of the molecule is CC(NCCO)c1ccc(C#N)cc1. The van der Waals surface area contributed by atoms with Crippen LogP contribution in [0.5, 0.6) is 0 Å². The second-order valence-electron chi connectivity index (χ2n) is 3.13. The minimum absolute atomic E-state index is 0.140. The standard InChI is InChI=1S/C11H14N2O/c1-9(13-6-7-14)11-4-2-10(8-12)3-5-11/h2-5,9,13-14H,6-7H2,1H3. The summed E-state index contributed by atoms with van der Waals surface area (Å²) in [6.07, 6.45) is 0. The maximum absolute atomic E-state index is 8.64. The molecule has 1 unspecified atom stereocenters. The quantitative estimate of drug-likeness (QED) is 0.750. The molecule has 14 heavy (non-hydrogen) atoms. The average Bonchev–Trinajstić information content (AvgIpc) is 2.26. The van der Waals surface area contributed by atoms with E-state index >= 15 is 0 Å². The fraction of sp³-hybridized carbons (Fsp3) is 0.364. The van der Waals surface area contributed by atoms with E-state index in [1.54, 1.807) is 12.1 Å². The van der Waals surface area contributed by atoms with Crippen LogP contribution in [0, 0.1) is 11.3 Å². The molecule has 0 saturated heterocycles. The van der Waals surface area contributed by atoms with Crippen molar-refractivity contribution in [2.24, 2.45) is 0 Å². The molecule has 2 N–H and O–H groups in total. The molecule has 0 bridgehead atoms. The van der Waals surface area contributed by atoms with Gasteiger partial charge in [-0.25, -0.2) is 0 Å². The van der Waals surface area contributed by atoms with Gasteiger partial charge >= 0.3 is 0 Å². The predicted molar refractivity (Wildman–Crippen MR) is 54.7 cm³/mol. The fourth-order valence-electron chi connectivity index (χ4n) is 1.25. The zero-order valence-electron chi connectivity index (χ0n) is 8.20. The number of hydrogen-bond acceptors (Lipinski definition) is 3. The average molecular weight is 190 g/mol. The van der Waals surface area contributed by atoms with Gasteiger partial charge in [-0.1, -0.05) is 12.1 Å². The number of aliphatic hydroxyl groups is 1. The van der Waals surface area contributed by atoms with Gasteiger partial charge in [0.1, 0.15) is 0 Å². The minimum Gasteiger partial charge on any atom is -0.395 e. The van der Waals surface area contributed by atoms with Crippen LogP contribution in [0.4, 0.5) is 0 Å². The molecular weight excluding hydrogens is 176 g/mol. The lowest BCUT2D eigenvalue weighted by molar-refractivity contribution is 0.286. The Morgan fingerprint density at radius 2 is 2.07 bits per heavy atom. The van der Waals surface area contributed by atoms with Crippen LogP contribution in [0.25, 0.3) is 0 Å². The summed E-state index contributed by atoms with van der Waals surface area (Å²) in [4.78, 5) is 0. The normalized spacial score (nSPS) is 12.1. The van der Waals surface area contributed by atoms with Gasteiger partial charge in [0.05, 0.1) is 18.2 Å². The number of rotatable bonds is 4. The van der Waals surface area contributed by atoms with E-state index in [-0.39, 0.29) is 12.6 Å². The van der Waals surface area contributed by atoms with Crippen LogP contribution in [-0.2, 0) is 0 Å². The smallest absolute Gasteiger partial charge is 0.0991 e. The highest BCUT2D eigenvalue weighted by atomic mass is 16.3. The van der Waals surface area contributed by atoms with Crippen LogP contribution >= 0.6 is 0 Å². The van der Waals surface area contributed by atoms with Gasteiger partial charge in [0.15, 0.2) is 0 Å². The van der Waals surface area contributed by atoms with Crippen molar-refractivity contribution in [1.82, 2.24) is 5.32 Å².